The number of carbonyl (C=O) groups excluding carboxylic acids is 1. The van der Waals surface area contributed by atoms with E-state index in [1.807, 2.05) is 19.1 Å². The van der Waals surface area contributed by atoms with E-state index < -0.39 is 8.32 Å². The molecule has 0 aliphatic carbocycles. The molecule has 3 rings (SSSR count). The Hall–Kier alpha value is -1.79. The van der Waals surface area contributed by atoms with Crippen LogP contribution in [0.1, 0.15) is 40.5 Å². The minimum atomic E-state index is -2.59. The first-order chi connectivity index (χ1) is 13.9. The molecule has 2 aromatic carbocycles. The van der Waals surface area contributed by atoms with E-state index in [9.17, 15) is 4.79 Å². The van der Waals surface area contributed by atoms with Crippen LogP contribution in [-0.2, 0) is 18.7 Å². The molecule has 0 spiro atoms. The lowest BCUT2D eigenvalue weighted by molar-refractivity contribution is -0.238. The third-order valence-corrected chi connectivity index (χ3v) is 10.6. The summed E-state index contributed by atoms with van der Waals surface area (Å²) in [5.74, 6) is 0. The van der Waals surface area contributed by atoms with Crippen LogP contribution in [0.15, 0.2) is 60.7 Å². The summed E-state index contributed by atoms with van der Waals surface area (Å²) in [5, 5.41) is 2.43. The molecule has 0 saturated carbocycles. The molecule has 0 aromatic heterocycles. The fraction of sp³-hybridized carbons (Fsp3) is 0.458. The number of ether oxygens (including phenoxy) is 2. The van der Waals surface area contributed by atoms with Crippen molar-refractivity contribution in [1.82, 2.24) is 0 Å². The number of hydrogen-bond acceptors (Lipinski definition) is 4. The van der Waals surface area contributed by atoms with E-state index in [1.54, 1.807) is 0 Å². The van der Waals surface area contributed by atoms with Crippen LogP contribution >= 0.6 is 0 Å². The van der Waals surface area contributed by atoms with Crippen LogP contribution in [0.3, 0.4) is 0 Å². The van der Waals surface area contributed by atoms with Gasteiger partial charge in [0.05, 0.1) is 18.8 Å². The molecular weight excluding hydrogens is 380 g/mol. The van der Waals surface area contributed by atoms with Gasteiger partial charge in [-0.2, -0.15) is 0 Å². The lowest BCUT2D eigenvalue weighted by Crippen LogP contribution is -2.67. The summed E-state index contributed by atoms with van der Waals surface area (Å²) in [5.41, 5.74) is 0. The molecular formula is C24H32O4Si. The standard InChI is InChI=1S/C24H32O4Si/c1-19-27-20(15-16-25)17-21(28-19)18-26-29(24(2,3)4,22-11-7-5-8-12-22)23-13-9-6-10-14-23/h5-14,16,19-21H,15,17-18H2,1-4H3/t19-,20-,21-/m1/s1. The summed E-state index contributed by atoms with van der Waals surface area (Å²) in [7, 11) is -2.59. The van der Waals surface area contributed by atoms with E-state index in [4.69, 9.17) is 13.9 Å². The fourth-order valence-electron chi connectivity index (χ4n) is 4.32. The Labute approximate surface area is 175 Å². The Bertz CT molecular complexity index is 733. The lowest BCUT2D eigenvalue weighted by Gasteiger charge is -2.44. The molecule has 1 aliphatic rings. The second-order valence-corrected chi connectivity index (χ2v) is 13.0. The first-order valence-corrected chi connectivity index (χ1v) is 12.3. The van der Waals surface area contributed by atoms with Gasteiger partial charge in [-0.05, 0) is 22.3 Å². The summed E-state index contributed by atoms with van der Waals surface area (Å²) >= 11 is 0. The zero-order valence-corrected chi connectivity index (χ0v) is 18.8. The van der Waals surface area contributed by atoms with Crippen molar-refractivity contribution in [3.8, 4) is 0 Å². The van der Waals surface area contributed by atoms with Crippen molar-refractivity contribution in [2.24, 2.45) is 0 Å². The summed E-state index contributed by atoms with van der Waals surface area (Å²) in [6.45, 7) is 9.16. The minimum Gasteiger partial charge on any atom is -0.405 e. The van der Waals surface area contributed by atoms with Gasteiger partial charge in [0.15, 0.2) is 6.29 Å². The zero-order valence-electron chi connectivity index (χ0n) is 17.8. The molecule has 29 heavy (non-hydrogen) atoms. The largest absolute Gasteiger partial charge is 0.405 e. The topological polar surface area (TPSA) is 44.8 Å². The van der Waals surface area contributed by atoms with Gasteiger partial charge in [0.2, 0.25) is 0 Å². The van der Waals surface area contributed by atoms with Crippen molar-refractivity contribution >= 4 is 25.0 Å². The number of carbonyl (C=O) groups is 1. The Kier molecular flexibility index (Phi) is 7.06. The quantitative estimate of drug-likeness (QED) is 0.514. The summed E-state index contributed by atoms with van der Waals surface area (Å²) in [6, 6.07) is 21.2. The van der Waals surface area contributed by atoms with Crippen molar-refractivity contribution in [3.63, 3.8) is 0 Å². The maximum absolute atomic E-state index is 11.0. The molecule has 0 radical (unpaired) electrons. The predicted molar refractivity (Wildman–Crippen MR) is 118 cm³/mol. The SMILES string of the molecule is C[C@@H]1O[C@H](CC=O)C[C@H](CO[Si](c2ccccc2)(c2ccccc2)C(C)(C)C)O1. The van der Waals surface area contributed by atoms with Crippen molar-refractivity contribution < 1.29 is 18.7 Å². The van der Waals surface area contributed by atoms with Gasteiger partial charge in [-0.3, -0.25) is 0 Å². The number of hydrogen-bond donors (Lipinski definition) is 0. The van der Waals surface area contributed by atoms with Gasteiger partial charge in [0.25, 0.3) is 8.32 Å². The second-order valence-electron chi connectivity index (χ2n) is 8.70. The van der Waals surface area contributed by atoms with Crippen LogP contribution < -0.4 is 10.4 Å². The van der Waals surface area contributed by atoms with Crippen LogP contribution in [0, 0.1) is 0 Å². The van der Waals surface area contributed by atoms with Crippen LogP contribution in [0.5, 0.6) is 0 Å². The average molecular weight is 413 g/mol. The van der Waals surface area contributed by atoms with Crippen LogP contribution in [0.4, 0.5) is 0 Å². The van der Waals surface area contributed by atoms with E-state index in [0.717, 1.165) is 6.29 Å². The molecule has 5 heteroatoms. The minimum absolute atomic E-state index is 0.0747. The second kappa shape index (κ2) is 9.35. The first kappa shape index (κ1) is 21.9. The van der Waals surface area contributed by atoms with E-state index in [0.29, 0.717) is 19.4 Å². The van der Waals surface area contributed by atoms with E-state index in [1.165, 1.54) is 10.4 Å². The van der Waals surface area contributed by atoms with Gasteiger partial charge in [-0.25, -0.2) is 0 Å². The molecule has 0 amide bonds. The summed E-state index contributed by atoms with van der Waals surface area (Å²) in [6.07, 6.45) is 1.45. The molecule has 3 atom stereocenters. The van der Waals surface area contributed by atoms with Crippen LogP contribution in [0.25, 0.3) is 0 Å². The first-order valence-electron chi connectivity index (χ1n) is 10.4. The molecule has 1 heterocycles. The highest BCUT2D eigenvalue weighted by Gasteiger charge is 2.50. The highest BCUT2D eigenvalue weighted by Crippen LogP contribution is 2.37. The molecule has 0 bridgehead atoms. The van der Waals surface area contributed by atoms with Crippen molar-refractivity contribution in [3.05, 3.63) is 60.7 Å². The summed E-state index contributed by atoms with van der Waals surface area (Å²) < 4.78 is 18.7. The third-order valence-electron chi connectivity index (χ3n) is 5.56. The molecule has 1 aliphatic heterocycles. The van der Waals surface area contributed by atoms with E-state index >= 15 is 0 Å². The average Bonchev–Trinajstić information content (AvgIpc) is 2.69. The van der Waals surface area contributed by atoms with Gasteiger partial charge in [0.1, 0.15) is 6.29 Å². The third kappa shape index (κ3) is 4.86. The Morgan fingerprint density at radius 3 is 1.97 bits per heavy atom. The normalized spacial score (nSPS) is 23.0. The number of benzene rings is 2. The maximum atomic E-state index is 11.0. The highest BCUT2D eigenvalue weighted by molar-refractivity contribution is 6.99. The van der Waals surface area contributed by atoms with E-state index in [-0.39, 0.29) is 23.5 Å². The molecule has 156 valence electrons. The molecule has 0 N–H and O–H groups in total. The Balaban J connectivity index is 1.95. The van der Waals surface area contributed by atoms with Gasteiger partial charge in [0, 0.05) is 12.8 Å². The Morgan fingerprint density at radius 1 is 0.966 bits per heavy atom. The van der Waals surface area contributed by atoms with Gasteiger partial charge in [-0.15, -0.1) is 0 Å². The molecule has 2 aromatic rings. The van der Waals surface area contributed by atoms with E-state index in [2.05, 4.69) is 69.3 Å². The zero-order chi connectivity index (χ0) is 20.9. The van der Waals surface area contributed by atoms with Crippen LogP contribution in [-0.4, -0.2) is 39.7 Å². The van der Waals surface area contributed by atoms with Crippen molar-refractivity contribution in [2.75, 3.05) is 6.61 Å². The van der Waals surface area contributed by atoms with Crippen molar-refractivity contribution in [2.45, 2.75) is 64.1 Å². The van der Waals surface area contributed by atoms with Gasteiger partial charge >= 0.3 is 0 Å². The monoisotopic (exact) mass is 412 g/mol. The van der Waals surface area contributed by atoms with Gasteiger partial charge < -0.3 is 18.7 Å². The molecule has 1 saturated heterocycles. The Morgan fingerprint density at radius 2 is 1.48 bits per heavy atom. The number of aldehydes is 1. The molecule has 1 fully saturated rings. The predicted octanol–water partition coefficient (Wildman–Crippen LogP) is 3.67. The number of rotatable bonds is 7. The lowest BCUT2D eigenvalue weighted by atomic mass is 10.1. The molecule has 0 unspecified atom stereocenters. The maximum Gasteiger partial charge on any atom is 0.261 e. The summed E-state index contributed by atoms with van der Waals surface area (Å²) in [4.78, 5) is 11.0. The fourth-order valence-corrected chi connectivity index (χ4v) is 8.92. The van der Waals surface area contributed by atoms with Gasteiger partial charge in [-0.1, -0.05) is 81.4 Å². The highest BCUT2D eigenvalue weighted by atomic mass is 28.4. The molecule has 4 nitrogen and oxygen atoms in total. The smallest absolute Gasteiger partial charge is 0.261 e. The van der Waals surface area contributed by atoms with Crippen LogP contribution in [0.2, 0.25) is 5.04 Å². The van der Waals surface area contributed by atoms with Crippen molar-refractivity contribution in [1.29, 1.82) is 0 Å².